The summed E-state index contributed by atoms with van der Waals surface area (Å²) in [6, 6.07) is 22.6. The Balaban J connectivity index is 1.55. The number of aryl methyl sites for hydroxylation is 2. The van der Waals surface area contributed by atoms with Crippen molar-refractivity contribution in [3.05, 3.63) is 105 Å². The first-order valence-corrected chi connectivity index (χ1v) is 10.7. The van der Waals surface area contributed by atoms with E-state index in [1.807, 2.05) is 0 Å². The van der Waals surface area contributed by atoms with Crippen molar-refractivity contribution in [3.8, 4) is 11.1 Å². The molecule has 3 aromatic carbocycles. The van der Waals surface area contributed by atoms with Crippen LogP contribution in [-0.4, -0.2) is 0 Å². The van der Waals surface area contributed by atoms with E-state index in [1.165, 1.54) is 55.7 Å². The summed E-state index contributed by atoms with van der Waals surface area (Å²) in [5, 5.41) is 0. The van der Waals surface area contributed by atoms with Gasteiger partial charge >= 0.3 is 0 Å². The predicted molar refractivity (Wildman–Crippen MR) is 125 cm³/mol. The summed E-state index contributed by atoms with van der Waals surface area (Å²) in [5.41, 5.74) is 14.2. The minimum absolute atomic E-state index is 0.495. The van der Waals surface area contributed by atoms with E-state index in [-0.39, 0.29) is 0 Å². The molecule has 0 saturated heterocycles. The molecule has 2 unspecified atom stereocenters. The first kappa shape index (κ1) is 18.2. The van der Waals surface area contributed by atoms with Gasteiger partial charge in [0.1, 0.15) is 0 Å². The highest BCUT2D eigenvalue weighted by atomic mass is 14.3. The summed E-state index contributed by atoms with van der Waals surface area (Å²) >= 11 is 0. The summed E-state index contributed by atoms with van der Waals surface area (Å²) in [5.74, 6) is 1.02. The van der Waals surface area contributed by atoms with E-state index in [1.54, 1.807) is 0 Å². The number of hydrogen-bond acceptors (Lipinski definition) is 0. The Morgan fingerprint density at radius 1 is 0.655 bits per heavy atom. The number of hydrogen-bond donors (Lipinski definition) is 0. The zero-order chi connectivity index (χ0) is 20.1. The Hall–Kier alpha value is -2.86. The molecule has 2 aliphatic carbocycles. The van der Waals surface area contributed by atoms with Crippen LogP contribution in [0.1, 0.15) is 65.5 Å². The summed E-state index contributed by atoms with van der Waals surface area (Å²) in [6.45, 7) is 9.02. The van der Waals surface area contributed by atoms with E-state index >= 15 is 0 Å². The van der Waals surface area contributed by atoms with Crippen LogP contribution in [0, 0.1) is 13.8 Å². The second-order valence-electron chi connectivity index (χ2n) is 8.87. The van der Waals surface area contributed by atoms with Crippen LogP contribution in [0.25, 0.3) is 23.3 Å². The highest BCUT2D eigenvalue weighted by molar-refractivity contribution is 5.83. The summed E-state index contributed by atoms with van der Waals surface area (Å²) in [6.07, 6.45) is 5.98. The fourth-order valence-corrected chi connectivity index (χ4v) is 5.29. The van der Waals surface area contributed by atoms with Gasteiger partial charge in [-0.1, -0.05) is 89.5 Å². The monoisotopic (exact) mass is 376 g/mol. The number of fused-ring (bicyclic) bond motifs is 2. The minimum Gasteiger partial charge on any atom is -0.0652 e. The van der Waals surface area contributed by atoms with E-state index in [2.05, 4.69) is 101 Å². The molecule has 0 fully saturated rings. The van der Waals surface area contributed by atoms with Crippen LogP contribution < -0.4 is 0 Å². The van der Waals surface area contributed by atoms with E-state index in [9.17, 15) is 0 Å². The van der Waals surface area contributed by atoms with E-state index < -0.39 is 0 Å². The van der Waals surface area contributed by atoms with Gasteiger partial charge in [0.15, 0.2) is 0 Å². The van der Waals surface area contributed by atoms with Crippen LogP contribution in [0.2, 0.25) is 0 Å². The largest absolute Gasteiger partial charge is 0.0652 e. The fourth-order valence-electron chi connectivity index (χ4n) is 5.29. The van der Waals surface area contributed by atoms with Crippen molar-refractivity contribution >= 4 is 12.2 Å². The maximum absolute atomic E-state index is 2.44. The van der Waals surface area contributed by atoms with Crippen LogP contribution in [0.3, 0.4) is 0 Å². The molecule has 29 heavy (non-hydrogen) atoms. The van der Waals surface area contributed by atoms with Crippen molar-refractivity contribution in [2.24, 2.45) is 0 Å². The van der Waals surface area contributed by atoms with Gasteiger partial charge in [-0.25, -0.2) is 0 Å². The second-order valence-corrected chi connectivity index (χ2v) is 8.87. The zero-order valence-corrected chi connectivity index (χ0v) is 17.8. The Kier molecular flexibility index (Phi) is 4.32. The molecule has 0 amide bonds. The topological polar surface area (TPSA) is 0 Å². The van der Waals surface area contributed by atoms with Crippen molar-refractivity contribution < 1.29 is 0 Å². The third-order valence-corrected chi connectivity index (χ3v) is 6.90. The van der Waals surface area contributed by atoms with Crippen LogP contribution in [-0.2, 0) is 0 Å². The lowest BCUT2D eigenvalue weighted by atomic mass is 9.81. The van der Waals surface area contributed by atoms with Crippen LogP contribution in [0.4, 0.5) is 0 Å². The molecular weight excluding hydrogens is 348 g/mol. The molecule has 0 heteroatoms. The van der Waals surface area contributed by atoms with Gasteiger partial charge < -0.3 is 0 Å². The summed E-state index contributed by atoms with van der Waals surface area (Å²) in [4.78, 5) is 0. The summed E-state index contributed by atoms with van der Waals surface area (Å²) in [7, 11) is 0. The van der Waals surface area contributed by atoms with Gasteiger partial charge in [-0.3, -0.25) is 0 Å². The van der Waals surface area contributed by atoms with Gasteiger partial charge in [-0.05, 0) is 73.1 Å². The number of benzene rings is 3. The first-order valence-electron chi connectivity index (χ1n) is 10.7. The van der Waals surface area contributed by atoms with Gasteiger partial charge in [0.25, 0.3) is 0 Å². The normalized spacial score (nSPS) is 19.6. The minimum atomic E-state index is 0.495. The third-order valence-electron chi connectivity index (χ3n) is 6.90. The van der Waals surface area contributed by atoms with Crippen LogP contribution in [0.5, 0.6) is 0 Å². The molecule has 0 bridgehead atoms. The van der Waals surface area contributed by atoms with Crippen LogP contribution in [0.15, 0.2) is 71.8 Å². The molecular formula is C29H28. The molecule has 5 rings (SSSR count). The fraction of sp³-hybridized carbons (Fsp3) is 0.241. The highest BCUT2D eigenvalue weighted by Gasteiger charge is 2.31. The van der Waals surface area contributed by atoms with Gasteiger partial charge in [0.05, 0.1) is 0 Å². The van der Waals surface area contributed by atoms with Crippen molar-refractivity contribution in [3.63, 3.8) is 0 Å². The van der Waals surface area contributed by atoms with E-state index in [4.69, 9.17) is 0 Å². The highest BCUT2D eigenvalue weighted by Crippen LogP contribution is 2.49. The van der Waals surface area contributed by atoms with Crippen molar-refractivity contribution in [1.82, 2.24) is 0 Å². The Labute approximate surface area is 174 Å². The van der Waals surface area contributed by atoms with E-state index in [0.717, 1.165) is 6.42 Å². The van der Waals surface area contributed by atoms with Crippen LogP contribution >= 0.6 is 0 Å². The molecule has 3 aromatic rings. The average Bonchev–Trinajstić information content (AvgIpc) is 3.20. The first-order chi connectivity index (χ1) is 14.0. The number of rotatable bonds is 3. The molecule has 0 N–H and O–H groups in total. The van der Waals surface area contributed by atoms with Gasteiger partial charge in [0.2, 0.25) is 0 Å². The Morgan fingerprint density at radius 3 is 2.24 bits per heavy atom. The SMILES string of the molecule is CC1=Cc2ccccc2C1CC1C(C)=Cc2c(-c3cc(C)ccc3C)cccc21. The number of allylic oxidation sites excluding steroid dienone is 2. The molecule has 2 aliphatic rings. The lowest BCUT2D eigenvalue weighted by Crippen LogP contribution is -2.06. The molecule has 0 spiro atoms. The lowest BCUT2D eigenvalue weighted by molar-refractivity contribution is 0.642. The maximum Gasteiger partial charge on any atom is 0.00637 e. The quantitative estimate of drug-likeness (QED) is 0.433. The average molecular weight is 377 g/mol. The van der Waals surface area contributed by atoms with E-state index in [0.29, 0.717) is 11.8 Å². The molecule has 0 radical (unpaired) electrons. The predicted octanol–water partition coefficient (Wildman–Crippen LogP) is 8.06. The molecule has 0 heterocycles. The molecule has 144 valence electrons. The zero-order valence-electron chi connectivity index (χ0n) is 17.8. The molecule has 0 nitrogen and oxygen atoms in total. The standard InChI is InChI=1S/C29H28/c1-18-12-13-19(2)26(14-18)24-10-7-11-25-28(21(4)16-29(24)25)17-27-20(3)15-22-8-5-6-9-23(22)27/h5-16,27-28H,17H2,1-4H3. The van der Waals surface area contributed by atoms with Crippen molar-refractivity contribution in [2.45, 2.75) is 46.0 Å². The maximum atomic E-state index is 2.44. The summed E-state index contributed by atoms with van der Waals surface area (Å²) < 4.78 is 0. The van der Waals surface area contributed by atoms with Gasteiger partial charge in [-0.2, -0.15) is 0 Å². The smallest absolute Gasteiger partial charge is 0.00637 e. The molecule has 2 atom stereocenters. The molecule has 0 aliphatic heterocycles. The van der Waals surface area contributed by atoms with Gasteiger partial charge in [0, 0.05) is 11.8 Å². The van der Waals surface area contributed by atoms with Crippen molar-refractivity contribution in [1.29, 1.82) is 0 Å². The lowest BCUT2D eigenvalue weighted by Gasteiger charge is -2.22. The molecule has 0 saturated carbocycles. The Bertz CT molecular complexity index is 1170. The second kappa shape index (κ2) is 6.88. The Morgan fingerprint density at radius 2 is 1.38 bits per heavy atom. The van der Waals surface area contributed by atoms with Gasteiger partial charge in [-0.15, -0.1) is 0 Å². The van der Waals surface area contributed by atoms with Crippen molar-refractivity contribution in [2.75, 3.05) is 0 Å². The third kappa shape index (κ3) is 2.99. The molecule has 0 aromatic heterocycles.